The molecule has 0 spiro atoms. The van der Waals surface area contributed by atoms with Crippen LogP contribution >= 0.6 is 0 Å². The van der Waals surface area contributed by atoms with Gasteiger partial charge in [0, 0.05) is 24.5 Å². The van der Waals surface area contributed by atoms with Crippen molar-refractivity contribution in [1.82, 2.24) is 15.1 Å². The molecule has 0 saturated carbocycles. The number of nitrogens with one attached hydrogen (secondary N) is 1. The normalized spacial score (nSPS) is 23.8. The van der Waals surface area contributed by atoms with Crippen molar-refractivity contribution in [3.05, 3.63) is 18.5 Å². The fourth-order valence-electron chi connectivity index (χ4n) is 2.63. The standard InChI is InChI=1S/C13H23N3/c1-13(2)10-12(11-14-13)6-3-4-8-16-9-5-7-15-16/h5,7,9,12,14H,3-4,6,8,10-11H2,1-2H3. The van der Waals surface area contributed by atoms with Crippen molar-refractivity contribution in [2.45, 2.75) is 51.6 Å². The third kappa shape index (κ3) is 3.34. The van der Waals surface area contributed by atoms with Gasteiger partial charge in [-0.3, -0.25) is 4.68 Å². The van der Waals surface area contributed by atoms with Crippen LogP contribution in [0.2, 0.25) is 0 Å². The van der Waals surface area contributed by atoms with Crippen molar-refractivity contribution in [3.63, 3.8) is 0 Å². The average molecular weight is 221 g/mol. The molecule has 16 heavy (non-hydrogen) atoms. The molecule has 0 aliphatic carbocycles. The van der Waals surface area contributed by atoms with Crippen molar-refractivity contribution in [1.29, 1.82) is 0 Å². The molecule has 1 unspecified atom stereocenters. The summed E-state index contributed by atoms with van der Waals surface area (Å²) in [5.41, 5.74) is 0.368. The molecule has 0 aromatic carbocycles. The Labute approximate surface area is 98.2 Å². The average Bonchev–Trinajstić information content (AvgIpc) is 2.82. The van der Waals surface area contributed by atoms with Crippen LogP contribution in [-0.4, -0.2) is 21.9 Å². The zero-order valence-corrected chi connectivity index (χ0v) is 10.4. The van der Waals surface area contributed by atoms with E-state index in [4.69, 9.17) is 0 Å². The molecular formula is C13H23N3. The van der Waals surface area contributed by atoms with E-state index in [1.54, 1.807) is 0 Å². The lowest BCUT2D eigenvalue weighted by atomic mass is 9.93. The summed E-state index contributed by atoms with van der Waals surface area (Å²) in [6.07, 6.45) is 9.15. The van der Waals surface area contributed by atoms with E-state index in [-0.39, 0.29) is 0 Å². The Hall–Kier alpha value is -0.830. The Balaban J connectivity index is 1.59. The molecule has 1 atom stereocenters. The second-order valence-electron chi connectivity index (χ2n) is 5.60. The number of hydrogen-bond donors (Lipinski definition) is 1. The monoisotopic (exact) mass is 221 g/mol. The van der Waals surface area contributed by atoms with Gasteiger partial charge in [-0.15, -0.1) is 0 Å². The Morgan fingerprint density at radius 2 is 2.31 bits per heavy atom. The maximum Gasteiger partial charge on any atom is 0.0489 e. The van der Waals surface area contributed by atoms with E-state index in [0.717, 1.165) is 12.5 Å². The van der Waals surface area contributed by atoms with E-state index in [1.165, 1.54) is 32.2 Å². The fourth-order valence-corrected chi connectivity index (χ4v) is 2.63. The molecular weight excluding hydrogens is 198 g/mol. The minimum Gasteiger partial charge on any atom is -0.312 e. The van der Waals surface area contributed by atoms with Crippen molar-refractivity contribution < 1.29 is 0 Å². The van der Waals surface area contributed by atoms with Crippen molar-refractivity contribution in [3.8, 4) is 0 Å². The summed E-state index contributed by atoms with van der Waals surface area (Å²) in [5.74, 6) is 0.882. The van der Waals surface area contributed by atoms with Crippen LogP contribution in [0.25, 0.3) is 0 Å². The van der Waals surface area contributed by atoms with Gasteiger partial charge in [-0.05, 0) is 51.6 Å². The highest BCUT2D eigenvalue weighted by Gasteiger charge is 2.29. The molecule has 0 bridgehead atoms. The molecule has 1 aromatic heterocycles. The Morgan fingerprint density at radius 1 is 1.44 bits per heavy atom. The second kappa shape index (κ2) is 5.00. The largest absolute Gasteiger partial charge is 0.312 e. The van der Waals surface area contributed by atoms with Gasteiger partial charge >= 0.3 is 0 Å². The van der Waals surface area contributed by atoms with Crippen LogP contribution in [0.1, 0.15) is 39.5 Å². The molecule has 1 saturated heterocycles. The number of aryl methyl sites for hydroxylation is 1. The summed E-state index contributed by atoms with van der Waals surface area (Å²) >= 11 is 0. The molecule has 2 rings (SSSR count). The number of nitrogens with zero attached hydrogens (tertiary/aromatic N) is 2. The molecule has 90 valence electrons. The van der Waals surface area contributed by atoms with Gasteiger partial charge in [0.25, 0.3) is 0 Å². The Kier molecular flexibility index (Phi) is 3.64. The molecule has 0 amide bonds. The quantitative estimate of drug-likeness (QED) is 0.774. The zero-order chi connectivity index (χ0) is 11.4. The van der Waals surface area contributed by atoms with Crippen LogP contribution in [0.3, 0.4) is 0 Å². The first-order valence-corrected chi connectivity index (χ1v) is 6.38. The highest BCUT2D eigenvalue weighted by atomic mass is 15.3. The van der Waals surface area contributed by atoms with Gasteiger partial charge in [0.05, 0.1) is 0 Å². The molecule has 1 aliphatic rings. The lowest BCUT2D eigenvalue weighted by molar-refractivity contribution is 0.419. The third-order valence-electron chi connectivity index (χ3n) is 3.48. The summed E-state index contributed by atoms with van der Waals surface area (Å²) in [6.45, 7) is 6.87. The highest BCUT2D eigenvalue weighted by Crippen LogP contribution is 2.26. The Morgan fingerprint density at radius 3 is 2.94 bits per heavy atom. The van der Waals surface area contributed by atoms with Gasteiger partial charge in [-0.2, -0.15) is 5.10 Å². The molecule has 1 aliphatic heterocycles. The van der Waals surface area contributed by atoms with E-state index < -0.39 is 0 Å². The first kappa shape index (κ1) is 11.6. The van der Waals surface area contributed by atoms with Crippen LogP contribution < -0.4 is 5.32 Å². The van der Waals surface area contributed by atoms with Gasteiger partial charge in [0.1, 0.15) is 0 Å². The predicted molar refractivity (Wildman–Crippen MR) is 66.3 cm³/mol. The lowest BCUT2D eigenvalue weighted by Crippen LogP contribution is -2.31. The molecule has 0 radical (unpaired) electrons. The number of unbranched alkanes of at least 4 members (excludes halogenated alkanes) is 1. The van der Waals surface area contributed by atoms with E-state index >= 15 is 0 Å². The van der Waals surface area contributed by atoms with E-state index in [0.29, 0.717) is 5.54 Å². The van der Waals surface area contributed by atoms with Crippen molar-refractivity contribution >= 4 is 0 Å². The molecule has 1 N–H and O–H groups in total. The maximum absolute atomic E-state index is 4.21. The van der Waals surface area contributed by atoms with E-state index in [2.05, 4.69) is 24.3 Å². The van der Waals surface area contributed by atoms with Crippen LogP contribution in [0.15, 0.2) is 18.5 Å². The van der Waals surface area contributed by atoms with Gasteiger partial charge < -0.3 is 5.32 Å². The van der Waals surface area contributed by atoms with Crippen LogP contribution in [0, 0.1) is 5.92 Å². The lowest BCUT2D eigenvalue weighted by Gasteiger charge is -2.17. The SMILES string of the molecule is CC1(C)CC(CCCCn2cccn2)CN1. The smallest absolute Gasteiger partial charge is 0.0489 e. The minimum absolute atomic E-state index is 0.368. The van der Waals surface area contributed by atoms with Crippen molar-refractivity contribution in [2.24, 2.45) is 5.92 Å². The maximum atomic E-state index is 4.21. The predicted octanol–water partition coefficient (Wildman–Crippen LogP) is 2.44. The van der Waals surface area contributed by atoms with Gasteiger partial charge in [-0.1, -0.05) is 6.42 Å². The molecule has 3 nitrogen and oxygen atoms in total. The summed E-state index contributed by atoms with van der Waals surface area (Å²) in [7, 11) is 0. The highest BCUT2D eigenvalue weighted by molar-refractivity contribution is 4.89. The van der Waals surface area contributed by atoms with Crippen LogP contribution in [0.4, 0.5) is 0 Å². The summed E-state index contributed by atoms with van der Waals surface area (Å²) in [6, 6.07) is 1.99. The first-order valence-electron chi connectivity index (χ1n) is 6.38. The minimum atomic E-state index is 0.368. The summed E-state index contributed by atoms with van der Waals surface area (Å²) < 4.78 is 2.02. The van der Waals surface area contributed by atoms with Crippen LogP contribution in [0.5, 0.6) is 0 Å². The Bertz CT molecular complexity index is 303. The third-order valence-corrected chi connectivity index (χ3v) is 3.48. The van der Waals surface area contributed by atoms with Gasteiger partial charge in [0.15, 0.2) is 0 Å². The topological polar surface area (TPSA) is 29.9 Å². The fraction of sp³-hybridized carbons (Fsp3) is 0.769. The van der Waals surface area contributed by atoms with E-state index in [1.807, 2.05) is 23.1 Å². The molecule has 2 heterocycles. The second-order valence-corrected chi connectivity index (χ2v) is 5.60. The molecule has 1 aromatic rings. The molecule has 3 heteroatoms. The number of aromatic nitrogens is 2. The number of rotatable bonds is 5. The van der Waals surface area contributed by atoms with Gasteiger partial charge in [0.2, 0.25) is 0 Å². The summed E-state index contributed by atoms with van der Waals surface area (Å²) in [5, 5.41) is 7.80. The number of hydrogen-bond acceptors (Lipinski definition) is 2. The zero-order valence-electron chi connectivity index (χ0n) is 10.4. The van der Waals surface area contributed by atoms with Gasteiger partial charge in [-0.25, -0.2) is 0 Å². The first-order chi connectivity index (χ1) is 7.66. The molecule has 1 fully saturated rings. The van der Waals surface area contributed by atoms with Crippen molar-refractivity contribution in [2.75, 3.05) is 6.54 Å². The van der Waals surface area contributed by atoms with Crippen LogP contribution in [-0.2, 0) is 6.54 Å². The summed E-state index contributed by atoms with van der Waals surface area (Å²) in [4.78, 5) is 0. The van der Waals surface area contributed by atoms with E-state index in [9.17, 15) is 0 Å².